The van der Waals surface area contributed by atoms with Gasteiger partial charge in [0, 0.05) is 6.61 Å². The first-order valence-electron chi connectivity index (χ1n) is 4.85. The van der Waals surface area contributed by atoms with E-state index >= 15 is 0 Å². The van der Waals surface area contributed by atoms with E-state index in [1.165, 1.54) is 19.3 Å². The van der Waals surface area contributed by atoms with Gasteiger partial charge in [0.2, 0.25) is 0 Å². The first-order chi connectivity index (χ1) is 5.24. The van der Waals surface area contributed by atoms with E-state index in [0.29, 0.717) is 6.10 Å². The van der Waals surface area contributed by atoms with Crippen molar-refractivity contribution >= 4 is 0 Å². The van der Waals surface area contributed by atoms with Gasteiger partial charge in [-0.2, -0.15) is 0 Å². The molecule has 1 fully saturated rings. The molecular formula is C10H20O. The smallest absolute Gasteiger partial charge is 0.0547 e. The molecule has 3 atom stereocenters. The summed E-state index contributed by atoms with van der Waals surface area (Å²) in [7, 11) is 0. The summed E-state index contributed by atoms with van der Waals surface area (Å²) in [5.74, 6) is 1.68. The van der Waals surface area contributed by atoms with E-state index in [-0.39, 0.29) is 0 Å². The SMILES string of the molecule is CCC(C)C1CC[C@H](C)OC1. The minimum Gasteiger partial charge on any atom is -0.378 e. The zero-order chi connectivity index (χ0) is 8.27. The third-order valence-corrected chi connectivity index (χ3v) is 2.99. The maximum absolute atomic E-state index is 5.61. The number of ether oxygens (including phenoxy) is 1. The molecule has 0 bridgehead atoms. The normalized spacial score (nSPS) is 35.2. The molecule has 1 aliphatic rings. The minimum atomic E-state index is 0.510. The predicted molar refractivity (Wildman–Crippen MR) is 47.6 cm³/mol. The van der Waals surface area contributed by atoms with Crippen LogP contribution in [0, 0.1) is 11.8 Å². The lowest BCUT2D eigenvalue weighted by atomic mass is 9.86. The molecule has 11 heavy (non-hydrogen) atoms. The Morgan fingerprint density at radius 2 is 2.18 bits per heavy atom. The molecule has 0 amide bonds. The van der Waals surface area contributed by atoms with Crippen LogP contribution in [0.5, 0.6) is 0 Å². The van der Waals surface area contributed by atoms with Gasteiger partial charge in [0.25, 0.3) is 0 Å². The van der Waals surface area contributed by atoms with Gasteiger partial charge < -0.3 is 4.74 Å². The predicted octanol–water partition coefficient (Wildman–Crippen LogP) is 2.85. The Morgan fingerprint density at radius 1 is 1.45 bits per heavy atom. The van der Waals surface area contributed by atoms with Crippen LogP contribution in [-0.2, 0) is 4.74 Å². The first kappa shape index (κ1) is 9.05. The third kappa shape index (κ3) is 2.48. The van der Waals surface area contributed by atoms with Gasteiger partial charge in [0.15, 0.2) is 0 Å². The van der Waals surface area contributed by atoms with Crippen LogP contribution in [0.1, 0.15) is 40.0 Å². The fourth-order valence-corrected chi connectivity index (χ4v) is 1.69. The Kier molecular flexibility index (Phi) is 3.38. The lowest BCUT2D eigenvalue weighted by molar-refractivity contribution is -0.0204. The van der Waals surface area contributed by atoms with Crippen LogP contribution in [0.2, 0.25) is 0 Å². The Hall–Kier alpha value is -0.0400. The van der Waals surface area contributed by atoms with Gasteiger partial charge >= 0.3 is 0 Å². The van der Waals surface area contributed by atoms with Crippen molar-refractivity contribution in [2.45, 2.75) is 46.1 Å². The number of rotatable bonds is 2. The van der Waals surface area contributed by atoms with Crippen molar-refractivity contribution in [2.24, 2.45) is 11.8 Å². The molecule has 0 radical (unpaired) electrons. The zero-order valence-corrected chi connectivity index (χ0v) is 7.97. The molecule has 66 valence electrons. The molecule has 1 aliphatic heterocycles. The second kappa shape index (κ2) is 4.10. The minimum absolute atomic E-state index is 0.510. The maximum Gasteiger partial charge on any atom is 0.0547 e. The standard InChI is InChI=1S/C10H20O/c1-4-8(2)10-6-5-9(3)11-7-10/h8-10H,4-7H2,1-3H3/t8?,9-,10?/m0/s1. The fourth-order valence-electron chi connectivity index (χ4n) is 1.69. The molecule has 1 nitrogen and oxygen atoms in total. The summed E-state index contributed by atoms with van der Waals surface area (Å²) in [4.78, 5) is 0. The number of hydrogen-bond acceptors (Lipinski definition) is 1. The highest BCUT2D eigenvalue weighted by Crippen LogP contribution is 2.26. The van der Waals surface area contributed by atoms with Crippen molar-refractivity contribution in [2.75, 3.05) is 6.61 Å². The van der Waals surface area contributed by atoms with Crippen LogP contribution in [0.4, 0.5) is 0 Å². The van der Waals surface area contributed by atoms with Gasteiger partial charge in [0.1, 0.15) is 0 Å². The molecule has 0 aromatic carbocycles. The molecule has 1 heteroatoms. The van der Waals surface area contributed by atoms with E-state index in [1.54, 1.807) is 0 Å². The lowest BCUT2D eigenvalue weighted by Crippen LogP contribution is -2.27. The van der Waals surface area contributed by atoms with E-state index < -0.39 is 0 Å². The maximum atomic E-state index is 5.61. The van der Waals surface area contributed by atoms with E-state index in [2.05, 4.69) is 20.8 Å². The average Bonchev–Trinajstić information content (AvgIpc) is 2.05. The molecular weight excluding hydrogens is 136 g/mol. The Morgan fingerprint density at radius 3 is 2.64 bits per heavy atom. The summed E-state index contributed by atoms with van der Waals surface area (Å²) >= 11 is 0. The second-order valence-corrected chi connectivity index (χ2v) is 3.87. The molecule has 0 aromatic rings. The zero-order valence-electron chi connectivity index (χ0n) is 7.97. The highest BCUT2D eigenvalue weighted by molar-refractivity contribution is 4.71. The van der Waals surface area contributed by atoms with E-state index in [1.807, 2.05) is 0 Å². The van der Waals surface area contributed by atoms with E-state index in [4.69, 9.17) is 4.74 Å². The quantitative estimate of drug-likeness (QED) is 0.597. The van der Waals surface area contributed by atoms with Crippen LogP contribution in [0.15, 0.2) is 0 Å². The fraction of sp³-hybridized carbons (Fsp3) is 1.00. The van der Waals surface area contributed by atoms with Gasteiger partial charge in [-0.05, 0) is 31.6 Å². The van der Waals surface area contributed by atoms with Gasteiger partial charge in [-0.15, -0.1) is 0 Å². The monoisotopic (exact) mass is 156 g/mol. The van der Waals surface area contributed by atoms with Crippen LogP contribution >= 0.6 is 0 Å². The van der Waals surface area contributed by atoms with Gasteiger partial charge in [-0.3, -0.25) is 0 Å². The summed E-state index contributed by atoms with van der Waals surface area (Å²) in [6, 6.07) is 0. The second-order valence-electron chi connectivity index (χ2n) is 3.87. The van der Waals surface area contributed by atoms with Crippen LogP contribution in [0.3, 0.4) is 0 Å². The molecule has 0 N–H and O–H groups in total. The largest absolute Gasteiger partial charge is 0.378 e. The van der Waals surface area contributed by atoms with E-state index in [9.17, 15) is 0 Å². The molecule has 0 aromatic heterocycles. The first-order valence-corrected chi connectivity index (χ1v) is 4.85. The molecule has 0 saturated carbocycles. The number of hydrogen-bond donors (Lipinski definition) is 0. The average molecular weight is 156 g/mol. The topological polar surface area (TPSA) is 9.23 Å². The van der Waals surface area contributed by atoms with Crippen LogP contribution in [0.25, 0.3) is 0 Å². The Bertz CT molecular complexity index is 103. The summed E-state index contributed by atoms with van der Waals surface area (Å²) in [5.41, 5.74) is 0. The Labute approximate surface area is 70.1 Å². The van der Waals surface area contributed by atoms with Crippen molar-refractivity contribution in [3.8, 4) is 0 Å². The third-order valence-electron chi connectivity index (χ3n) is 2.99. The molecule has 1 rings (SSSR count). The molecule has 1 heterocycles. The summed E-state index contributed by atoms with van der Waals surface area (Å²) in [5, 5.41) is 0. The van der Waals surface area contributed by atoms with Crippen LogP contribution in [-0.4, -0.2) is 12.7 Å². The van der Waals surface area contributed by atoms with Crippen molar-refractivity contribution < 1.29 is 4.74 Å². The molecule has 2 unspecified atom stereocenters. The lowest BCUT2D eigenvalue weighted by Gasteiger charge is -2.30. The summed E-state index contributed by atoms with van der Waals surface area (Å²) in [6.45, 7) is 7.77. The van der Waals surface area contributed by atoms with Crippen molar-refractivity contribution in [3.05, 3.63) is 0 Å². The van der Waals surface area contributed by atoms with Crippen molar-refractivity contribution in [1.82, 2.24) is 0 Å². The highest BCUT2D eigenvalue weighted by Gasteiger charge is 2.22. The summed E-state index contributed by atoms with van der Waals surface area (Å²) in [6.07, 6.45) is 4.43. The van der Waals surface area contributed by atoms with Gasteiger partial charge in [-0.25, -0.2) is 0 Å². The van der Waals surface area contributed by atoms with Gasteiger partial charge in [0.05, 0.1) is 6.10 Å². The highest BCUT2D eigenvalue weighted by atomic mass is 16.5. The molecule has 1 saturated heterocycles. The van der Waals surface area contributed by atoms with Crippen molar-refractivity contribution in [3.63, 3.8) is 0 Å². The summed E-state index contributed by atoms with van der Waals surface area (Å²) < 4.78 is 5.61. The molecule has 0 spiro atoms. The van der Waals surface area contributed by atoms with Gasteiger partial charge in [-0.1, -0.05) is 20.3 Å². The van der Waals surface area contributed by atoms with Crippen LogP contribution < -0.4 is 0 Å². The van der Waals surface area contributed by atoms with E-state index in [0.717, 1.165) is 18.4 Å². The Balaban J connectivity index is 2.27. The molecule has 0 aliphatic carbocycles. The van der Waals surface area contributed by atoms with Crippen molar-refractivity contribution in [1.29, 1.82) is 0 Å².